The van der Waals surface area contributed by atoms with Gasteiger partial charge in [-0.1, -0.05) is 0 Å². The van der Waals surface area contributed by atoms with Crippen LogP contribution in [0.1, 0.15) is 17.5 Å². The van der Waals surface area contributed by atoms with Crippen molar-refractivity contribution >= 4 is 22.6 Å². The molecule has 1 aromatic carbocycles. The fraction of sp³-hybridized carbons (Fsp3) is 0.300. The third kappa shape index (κ3) is 2.96. The lowest BCUT2D eigenvalue weighted by molar-refractivity contribution is 0.473. The first kappa shape index (κ1) is 10.5. The number of rotatable bonds is 3. The highest BCUT2D eigenvalue weighted by Crippen LogP contribution is 2.15. The predicted octanol–water partition coefficient (Wildman–Crippen LogP) is 3.06. The molecule has 0 spiro atoms. The van der Waals surface area contributed by atoms with Crippen LogP contribution in [-0.4, -0.2) is 6.67 Å². The Morgan fingerprint density at radius 3 is 2.85 bits per heavy atom. The molecule has 0 bridgehead atoms. The van der Waals surface area contributed by atoms with E-state index < -0.39 is 0 Å². The van der Waals surface area contributed by atoms with Crippen LogP contribution in [0.25, 0.3) is 0 Å². The lowest BCUT2D eigenvalue weighted by Gasteiger charge is -2.02. The Balaban J connectivity index is 2.85. The second-order valence-electron chi connectivity index (χ2n) is 2.71. The summed E-state index contributed by atoms with van der Waals surface area (Å²) in [5, 5.41) is 8.65. The molecule has 3 heteroatoms. The zero-order valence-corrected chi connectivity index (χ0v) is 9.21. The highest BCUT2D eigenvalue weighted by molar-refractivity contribution is 14.1. The van der Waals surface area contributed by atoms with Gasteiger partial charge in [-0.15, -0.1) is 0 Å². The van der Waals surface area contributed by atoms with E-state index in [9.17, 15) is 4.39 Å². The van der Waals surface area contributed by atoms with Gasteiger partial charge in [0.1, 0.15) is 0 Å². The van der Waals surface area contributed by atoms with Gasteiger partial charge in [-0.25, -0.2) is 0 Å². The predicted molar refractivity (Wildman–Crippen MR) is 58.2 cm³/mol. The van der Waals surface area contributed by atoms with Crippen LogP contribution in [0.5, 0.6) is 0 Å². The van der Waals surface area contributed by atoms with Crippen molar-refractivity contribution in [3.8, 4) is 6.07 Å². The fourth-order valence-corrected chi connectivity index (χ4v) is 1.70. The van der Waals surface area contributed by atoms with Crippen molar-refractivity contribution in [2.75, 3.05) is 6.67 Å². The lowest BCUT2D eigenvalue weighted by atomic mass is 10.1. The molecule has 0 aromatic heterocycles. The Labute approximate surface area is 90.7 Å². The van der Waals surface area contributed by atoms with E-state index in [-0.39, 0.29) is 6.67 Å². The van der Waals surface area contributed by atoms with E-state index in [1.54, 1.807) is 6.07 Å². The SMILES string of the molecule is N#Cc1ccc(I)c(CCCF)c1. The van der Waals surface area contributed by atoms with Crippen LogP contribution in [0.4, 0.5) is 4.39 Å². The Kier molecular flexibility index (Phi) is 4.16. The first-order chi connectivity index (χ1) is 6.27. The number of alkyl halides is 1. The van der Waals surface area contributed by atoms with E-state index in [2.05, 4.69) is 28.7 Å². The topological polar surface area (TPSA) is 23.8 Å². The number of nitrogens with zero attached hydrogens (tertiary/aromatic N) is 1. The standard InChI is InChI=1S/C10H9FIN/c11-5-1-2-9-6-8(7-13)3-4-10(9)12/h3-4,6H,1-2,5H2. The van der Waals surface area contributed by atoms with Crippen molar-refractivity contribution in [1.29, 1.82) is 5.26 Å². The van der Waals surface area contributed by atoms with Crippen LogP contribution in [0, 0.1) is 14.9 Å². The Bertz CT molecular complexity index is 330. The van der Waals surface area contributed by atoms with Crippen molar-refractivity contribution in [2.45, 2.75) is 12.8 Å². The van der Waals surface area contributed by atoms with Crippen LogP contribution in [0.3, 0.4) is 0 Å². The molecule has 1 rings (SSSR count). The van der Waals surface area contributed by atoms with Crippen molar-refractivity contribution in [2.24, 2.45) is 0 Å². The second kappa shape index (κ2) is 5.18. The largest absolute Gasteiger partial charge is 0.251 e. The van der Waals surface area contributed by atoms with E-state index in [0.717, 1.165) is 9.13 Å². The third-order valence-corrected chi connectivity index (χ3v) is 2.81. The summed E-state index contributed by atoms with van der Waals surface area (Å²) in [5.41, 5.74) is 1.71. The molecule has 0 saturated heterocycles. The molecular weight excluding hydrogens is 280 g/mol. The molecule has 0 N–H and O–H groups in total. The maximum Gasteiger partial charge on any atom is 0.0991 e. The Hall–Kier alpha value is -0.630. The fourth-order valence-electron chi connectivity index (χ4n) is 1.09. The first-order valence-electron chi connectivity index (χ1n) is 4.02. The zero-order valence-electron chi connectivity index (χ0n) is 7.06. The smallest absolute Gasteiger partial charge is 0.0991 e. The lowest BCUT2D eigenvalue weighted by Crippen LogP contribution is -1.91. The molecule has 0 atom stereocenters. The molecule has 0 aliphatic heterocycles. The average molecular weight is 289 g/mol. The number of nitriles is 1. The molecule has 0 unspecified atom stereocenters. The zero-order chi connectivity index (χ0) is 9.68. The molecule has 0 amide bonds. The third-order valence-electron chi connectivity index (χ3n) is 1.75. The summed E-state index contributed by atoms with van der Waals surface area (Å²) in [4.78, 5) is 0. The van der Waals surface area contributed by atoms with E-state index in [4.69, 9.17) is 5.26 Å². The van der Waals surface area contributed by atoms with Gasteiger partial charge in [0, 0.05) is 3.57 Å². The van der Waals surface area contributed by atoms with Gasteiger partial charge in [-0.2, -0.15) is 5.26 Å². The van der Waals surface area contributed by atoms with Gasteiger partial charge in [0.25, 0.3) is 0 Å². The summed E-state index contributed by atoms with van der Waals surface area (Å²) in [7, 11) is 0. The summed E-state index contributed by atoms with van der Waals surface area (Å²) in [6.45, 7) is -0.299. The van der Waals surface area contributed by atoms with Gasteiger partial charge in [0.05, 0.1) is 18.3 Å². The van der Waals surface area contributed by atoms with Gasteiger partial charge >= 0.3 is 0 Å². The second-order valence-corrected chi connectivity index (χ2v) is 3.87. The normalized spacial score (nSPS) is 9.62. The molecule has 68 valence electrons. The highest BCUT2D eigenvalue weighted by Gasteiger charge is 2.00. The molecule has 0 saturated carbocycles. The molecular formula is C10H9FIN. The van der Waals surface area contributed by atoms with Crippen LogP contribution in [0.2, 0.25) is 0 Å². The van der Waals surface area contributed by atoms with Gasteiger partial charge in [-0.3, -0.25) is 4.39 Å². The maximum absolute atomic E-state index is 11.9. The van der Waals surface area contributed by atoms with Gasteiger partial charge in [0.2, 0.25) is 0 Å². The number of aryl methyl sites for hydroxylation is 1. The van der Waals surface area contributed by atoms with Crippen molar-refractivity contribution < 1.29 is 4.39 Å². The summed E-state index contributed by atoms with van der Waals surface area (Å²) in [5.74, 6) is 0. The molecule has 0 fully saturated rings. The summed E-state index contributed by atoms with van der Waals surface area (Å²) < 4.78 is 13.0. The van der Waals surface area contributed by atoms with E-state index in [1.165, 1.54) is 0 Å². The van der Waals surface area contributed by atoms with Crippen LogP contribution >= 0.6 is 22.6 Å². The monoisotopic (exact) mass is 289 g/mol. The summed E-state index contributed by atoms with van der Waals surface area (Å²) >= 11 is 2.20. The number of hydrogen-bond acceptors (Lipinski definition) is 1. The van der Waals surface area contributed by atoms with Gasteiger partial charge in [0.15, 0.2) is 0 Å². The Morgan fingerprint density at radius 1 is 1.46 bits per heavy atom. The number of hydrogen-bond donors (Lipinski definition) is 0. The van der Waals surface area contributed by atoms with Crippen molar-refractivity contribution in [3.05, 3.63) is 32.9 Å². The van der Waals surface area contributed by atoms with E-state index in [1.807, 2.05) is 12.1 Å². The molecule has 1 nitrogen and oxygen atoms in total. The molecule has 13 heavy (non-hydrogen) atoms. The van der Waals surface area contributed by atoms with Crippen molar-refractivity contribution in [3.63, 3.8) is 0 Å². The van der Waals surface area contributed by atoms with E-state index >= 15 is 0 Å². The highest BCUT2D eigenvalue weighted by atomic mass is 127. The molecule has 0 heterocycles. The van der Waals surface area contributed by atoms with E-state index in [0.29, 0.717) is 18.4 Å². The minimum Gasteiger partial charge on any atom is -0.251 e. The minimum atomic E-state index is -0.299. The quantitative estimate of drug-likeness (QED) is 0.784. The summed E-state index contributed by atoms with van der Waals surface area (Å²) in [6.07, 6.45) is 1.25. The molecule has 0 aliphatic rings. The van der Waals surface area contributed by atoms with Crippen LogP contribution in [-0.2, 0) is 6.42 Å². The average Bonchev–Trinajstić information content (AvgIpc) is 2.17. The van der Waals surface area contributed by atoms with Gasteiger partial charge in [-0.05, 0) is 59.2 Å². The van der Waals surface area contributed by atoms with Crippen molar-refractivity contribution in [1.82, 2.24) is 0 Å². The summed E-state index contributed by atoms with van der Waals surface area (Å²) in [6, 6.07) is 7.58. The molecule has 0 radical (unpaired) electrons. The molecule has 0 aliphatic carbocycles. The Morgan fingerprint density at radius 2 is 2.23 bits per heavy atom. The minimum absolute atomic E-state index is 0.299. The van der Waals surface area contributed by atoms with Crippen LogP contribution in [0.15, 0.2) is 18.2 Å². The molecule has 1 aromatic rings. The van der Waals surface area contributed by atoms with Gasteiger partial charge < -0.3 is 0 Å². The maximum atomic E-state index is 11.9. The number of halogens is 2. The first-order valence-corrected chi connectivity index (χ1v) is 5.10. The van der Waals surface area contributed by atoms with Crippen LogP contribution < -0.4 is 0 Å². The number of benzene rings is 1.